The van der Waals surface area contributed by atoms with Gasteiger partial charge in [-0.25, -0.2) is 4.99 Å². The number of benzene rings is 3. The molecule has 1 aliphatic heterocycles. The second kappa shape index (κ2) is 5.87. The molecule has 3 aromatic carbocycles. The van der Waals surface area contributed by atoms with Crippen LogP contribution in [0.15, 0.2) is 65.3 Å². The Bertz CT molecular complexity index is 951. The molecule has 0 radical (unpaired) electrons. The highest BCUT2D eigenvalue weighted by Gasteiger charge is 2.22. The molecule has 0 bridgehead atoms. The third-order valence-electron chi connectivity index (χ3n) is 3.87. The predicted molar refractivity (Wildman–Crippen MR) is 103 cm³/mol. The smallest absolute Gasteiger partial charge is 0.244 e. The molecule has 4 rings (SSSR count). The van der Waals surface area contributed by atoms with Crippen molar-refractivity contribution < 1.29 is 4.79 Å². The second-order valence-electron chi connectivity index (χ2n) is 5.23. The van der Waals surface area contributed by atoms with Crippen LogP contribution in [0.25, 0.3) is 27.6 Å². The van der Waals surface area contributed by atoms with Crippen molar-refractivity contribution in [3.63, 3.8) is 0 Å². The van der Waals surface area contributed by atoms with Gasteiger partial charge in [-0.3, -0.25) is 4.79 Å². The van der Waals surface area contributed by atoms with E-state index in [1.54, 1.807) is 0 Å². The fourth-order valence-electron chi connectivity index (χ4n) is 2.82. The van der Waals surface area contributed by atoms with Gasteiger partial charge in [0.05, 0.1) is 0 Å². The number of aliphatic imine (C=N–C) groups is 1. The Morgan fingerprint density at radius 2 is 1.61 bits per heavy atom. The molecule has 0 spiro atoms. The Morgan fingerprint density at radius 3 is 2.17 bits per heavy atom. The van der Waals surface area contributed by atoms with Crippen molar-refractivity contribution >= 4 is 60.6 Å². The molecule has 2 nitrogen and oxygen atoms in total. The lowest BCUT2D eigenvalue weighted by Gasteiger charge is -2.08. The van der Waals surface area contributed by atoms with Gasteiger partial charge >= 0.3 is 0 Å². The summed E-state index contributed by atoms with van der Waals surface area (Å²) in [5, 5.41) is 4.65. The van der Waals surface area contributed by atoms with E-state index in [1.165, 1.54) is 34.3 Å². The summed E-state index contributed by atoms with van der Waals surface area (Å²) in [4.78, 5) is 16.6. The van der Waals surface area contributed by atoms with E-state index in [4.69, 9.17) is 0 Å². The monoisotopic (exact) mass is 335 g/mol. The SMILES string of the molecule is CSC1=N/C(=C\c2c3ccccc3cc3ccccc23)C(=O)S1. The number of carbonyl (C=O) groups is 1. The summed E-state index contributed by atoms with van der Waals surface area (Å²) in [6.07, 6.45) is 3.87. The lowest BCUT2D eigenvalue weighted by molar-refractivity contribution is -0.107. The number of rotatable bonds is 1. The Kier molecular flexibility index (Phi) is 3.71. The van der Waals surface area contributed by atoms with Gasteiger partial charge in [-0.2, -0.15) is 0 Å². The van der Waals surface area contributed by atoms with Gasteiger partial charge in [-0.15, -0.1) is 11.8 Å². The van der Waals surface area contributed by atoms with Crippen LogP contribution in [0.1, 0.15) is 5.56 Å². The normalized spacial score (nSPS) is 16.5. The maximum Gasteiger partial charge on any atom is 0.244 e. The second-order valence-corrected chi connectivity index (χ2v) is 7.25. The Balaban J connectivity index is 2.04. The van der Waals surface area contributed by atoms with E-state index in [9.17, 15) is 4.79 Å². The van der Waals surface area contributed by atoms with Crippen molar-refractivity contribution in [1.82, 2.24) is 0 Å². The third-order valence-corrected chi connectivity index (χ3v) is 5.72. The van der Waals surface area contributed by atoms with Crippen molar-refractivity contribution in [2.75, 3.05) is 6.26 Å². The van der Waals surface area contributed by atoms with Crippen molar-refractivity contribution in [3.8, 4) is 0 Å². The maximum absolute atomic E-state index is 12.2. The summed E-state index contributed by atoms with van der Waals surface area (Å²) < 4.78 is 0.811. The molecule has 23 heavy (non-hydrogen) atoms. The molecule has 112 valence electrons. The summed E-state index contributed by atoms with van der Waals surface area (Å²) in [5.74, 6) is 0. The summed E-state index contributed by atoms with van der Waals surface area (Å²) in [6, 6.07) is 18.7. The van der Waals surface area contributed by atoms with Crippen molar-refractivity contribution in [2.24, 2.45) is 4.99 Å². The third kappa shape index (κ3) is 2.58. The fourth-order valence-corrected chi connectivity index (χ4v) is 4.08. The summed E-state index contributed by atoms with van der Waals surface area (Å²) in [5.41, 5.74) is 1.59. The molecule has 4 heteroatoms. The first-order valence-electron chi connectivity index (χ1n) is 7.23. The van der Waals surface area contributed by atoms with Gasteiger partial charge < -0.3 is 0 Å². The molecule has 0 fully saturated rings. The van der Waals surface area contributed by atoms with Crippen LogP contribution in [-0.2, 0) is 4.79 Å². The fraction of sp³-hybridized carbons (Fsp3) is 0.0526. The largest absolute Gasteiger partial charge is 0.279 e. The van der Waals surface area contributed by atoms with Gasteiger partial charge in [0, 0.05) is 0 Å². The first kappa shape index (κ1) is 14.5. The van der Waals surface area contributed by atoms with Crippen LogP contribution in [-0.4, -0.2) is 15.7 Å². The standard InChI is InChI=1S/C19H13NOS2/c1-22-19-20-17(18(21)23-19)11-16-14-8-4-2-6-12(14)10-13-7-3-5-9-15(13)16/h2-11H,1H3/b17-11-. The van der Waals surface area contributed by atoms with Gasteiger partial charge in [0.15, 0.2) is 0 Å². The number of carbonyl (C=O) groups excluding carboxylic acids is 1. The van der Waals surface area contributed by atoms with Crippen LogP contribution in [0.4, 0.5) is 0 Å². The zero-order valence-corrected chi connectivity index (χ0v) is 14.1. The minimum Gasteiger partial charge on any atom is -0.279 e. The number of fused-ring (bicyclic) bond motifs is 2. The summed E-state index contributed by atoms with van der Waals surface area (Å²) >= 11 is 2.72. The van der Waals surface area contributed by atoms with E-state index in [2.05, 4.69) is 35.3 Å². The quantitative estimate of drug-likeness (QED) is 0.445. The molecule has 0 saturated carbocycles. The highest BCUT2D eigenvalue weighted by molar-refractivity contribution is 8.45. The van der Waals surface area contributed by atoms with E-state index >= 15 is 0 Å². The molecule has 1 heterocycles. The first-order chi connectivity index (χ1) is 11.3. The minimum atomic E-state index is 0.0198. The minimum absolute atomic E-state index is 0.0198. The number of nitrogens with zero attached hydrogens (tertiary/aromatic N) is 1. The molecule has 0 N–H and O–H groups in total. The number of thioether (sulfide) groups is 2. The van der Waals surface area contributed by atoms with Gasteiger partial charge in [0.1, 0.15) is 10.1 Å². The van der Waals surface area contributed by atoms with E-state index in [0.29, 0.717) is 5.70 Å². The van der Waals surface area contributed by atoms with E-state index in [1.807, 2.05) is 36.6 Å². The van der Waals surface area contributed by atoms with Crippen molar-refractivity contribution in [3.05, 3.63) is 65.9 Å². The van der Waals surface area contributed by atoms with Crippen LogP contribution in [0, 0.1) is 0 Å². The molecular formula is C19H13NOS2. The lowest BCUT2D eigenvalue weighted by atomic mass is 9.96. The van der Waals surface area contributed by atoms with Crippen molar-refractivity contribution in [2.45, 2.75) is 0 Å². The Hall–Kier alpha value is -2.04. The Labute approximate surface area is 142 Å². The molecule has 0 atom stereocenters. The Morgan fingerprint density at radius 1 is 1.00 bits per heavy atom. The van der Waals surface area contributed by atoms with Crippen LogP contribution in [0.2, 0.25) is 0 Å². The van der Waals surface area contributed by atoms with Crippen LogP contribution in [0.5, 0.6) is 0 Å². The zero-order chi connectivity index (χ0) is 15.8. The van der Waals surface area contributed by atoms with Crippen LogP contribution >= 0.6 is 23.5 Å². The van der Waals surface area contributed by atoms with Gasteiger partial charge in [-0.05, 0) is 57.3 Å². The van der Waals surface area contributed by atoms with E-state index in [-0.39, 0.29) is 5.12 Å². The molecule has 3 aromatic rings. The molecule has 0 aliphatic carbocycles. The zero-order valence-electron chi connectivity index (χ0n) is 12.4. The molecule has 0 unspecified atom stereocenters. The highest BCUT2D eigenvalue weighted by atomic mass is 32.2. The topological polar surface area (TPSA) is 29.4 Å². The molecule has 0 saturated heterocycles. The van der Waals surface area contributed by atoms with Crippen LogP contribution < -0.4 is 0 Å². The average Bonchev–Trinajstić information content (AvgIpc) is 2.94. The maximum atomic E-state index is 12.2. The van der Waals surface area contributed by atoms with E-state index in [0.717, 1.165) is 20.7 Å². The molecular weight excluding hydrogens is 322 g/mol. The van der Waals surface area contributed by atoms with Gasteiger partial charge in [-0.1, -0.05) is 48.5 Å². The van der Waals surface area contributed by atoms with E-state index < -0.39 is 0 Å². The van der Waals surface area contributed by atoms with Gasteiger partial charge in [0.25, 0.3) is 0 Å². The molecule has 0 amide bonds. The highest BCUT2D eigenvalue weighted by Crippen LogP contribution is 2.34. The van der Waals surface area contributed by atoms with Crippen LogP contribution in [0.3, 0.4) is 0 Å². The lowest BCUT2D eigenvalue weighted by Crippen LogP contribution is -1.90. The first-order valence-corrected chi connectivity index (χ1v) is 9.27. The average molecular weight is 335 g/mol. The van der Waals surface area contributed by atoms with Gasteiger partial charge in [0.2, 0.25) is 5.12 Å². The molecule has 0 aromatic heterocycles. The predicted octanol–water partition coefficient (Wildman–Crippen LogP) is 5.33. The number of hydrogen-bond acceptors (Lipinski definition) is 4. The van der Waals surface area contributed by atoms with Crippen molar-refractivity contribution in [1.29, 1.82) is 0 Å². The summed E-state index contributed by atoms with van der Waals surface area (Å²) in [6.45, 7) is 0. The summed E-state index contributed by atoms with van der Waals surface area (Å²) in [7, 11) is 0. The molecule has 1 aliphatic rings. The number of hydrogen-bond donors (Lipinski definition) is 0.